The standard InChI is InChI=1S/C22H29N3O2/c1-4-25(3)16-19-10-8-9-18(13-19)15-23-22(27)14-21(24-17(2)26)20-11-6-5-7-12-20/h5-13,21H,4,14-16H2,1-3H3,(H,23,27)(H,24,26). The summed E-state index contributed by atoms with van der Waals surface area (Å²) in [6, 6.07) is 17.5. The highest BCUT2D eigenvalue weighted by Crippen LogP contribution is 2.16. The maximum absolute atomic E-state index is 12.4. The third-order valence-electron chi connectivity index (χ3n) is 4.44. The van der Waals surface area contributed by atoms with Crippen LogP contribution in [0.2, 0.25) is 0 Å². The number of carbonyl (C=O) groups excluding carboxylic acids is 2. The van der Waals surface area contributed by atoms with Gasteiger partial charge in [-0.25, -0.2) is 0 Å². The third-order valence-corrected chi connectivity index (χ3v) is 4.44. The minimum atomic E-state index is -0.326. The Balaban J connectivity index is 1.94. The van der Waals surface area contributed by atoms with Crippen LogP contribution in [0.3, 0.4) is 0 Å². The first-order valence-corrected chi connectivity index (χ1v) is 9.33. The van der Waals surface area contributed by atoms with Gasteiger partial charge in [0.15, 0.2) is 0 Å². The summed E-state index contributed by atoms with van der Waals surface area (Å²) >= 11 is 0. The van der Waals surface area contributed by atoms with Gasteiger partial charge in [-0.05, 0) is 30.3 Å². The van der Waals surface area contributed by atoms with Crippen molar-refractivity contribution in [2.75, 3.05) is 13.6 Å². The predicted octanol–water partition coefficient (Wildman–Crippen LogP) is 3.02. The summed E-state index contributed by atoms with van der Waals surface area (Å²) in [5.41, 5.74) is 3.22. The van der Waals surface area contributed by atoms with Crippen LogP contribution < -0.4 is 10.6 Å². The molecule has 1 unspecified atom stereocenters. The highest BCUT2D eigenvalue weighted by molar-refractivity contribution is 5.79. The number of hydrogen-bond donors (Lipinski definition) is 2. The van der Waals surface area contributed by atoms with Gasteiger partial charge < -0.3 is 15.5 Å². The van der Waals surface area contributed by atoms with Crippen LogP contribution in [0.15, 0.2) is 54.6 Å². The molecule has 0 fully saturated rings. The van der Waals surface area contributed by atoms with Crippen LogP contribution in [-0.2, 0) is 22.7 Å². The Morgan fingerprint density at radius 2 is 1.74 bits per heavy atom. The quantitative estimate of drug-likeness (QED) is 0.716. The van der Waals surface area contributed by atoms with Gasteiger partial charge in [0.1, 0.15) is 0 Å². The van der Waals surface area contributed by atoms with Crippen molar-refractivity contribution in [1.82, 2.24) is 15.5 Å². The maximum atomic E-state index is 12.4. The van der Waals surface area contributed by atoms with E-state index in [9.17, 15) is 9.59 Å². The topological polar surface area (TPSA) is 61.4 Å². The van der Waals surface area contributed by atoms with Crippen molar-refractivity contribution in [2.24, 2.45) is 0 Å². The third kappa shape index (κ3) is 7.23. The molecule has 0 saturated carbocycles. The van der Waals surface area contributed by atoms with Crippen LogP contribution in [-0.4, -0.2) is 30.3 Å². The molecule has 2 rings (SSSR count). The summed E-state index contributed by atoms with van der Waals surface area (Å²) in [4.78, 5) is 26.1. The molecule has 0 aliphatic heterocycles. The van der Waals surface area contributed by atoms with Crippen LogP contribution in [0.1, 0.15) is 43.0 Å². The van der Waals surface area contributed by atoms with Gasteiger partial charge in [-0.1, -0.05) is 61.5 Å². The average Bonchev–Trinajstić information content (AvgIpc) is 2.66. The molecule has 0 spiro atoms. The molecule has 0 saturated heterocycles. The number of nitrogens with one attached hydrogen (secondary N) is 2. The monoisotopic (exact) mass is 367 g/mol. The number of hydrogen-bond acceptors (Lipinski definition) is 3. The first kappa shape index (κ1) is 20.6. The lowest BCUT2D eigenvalue weighted by atomic mass is 10.0. The fourth-order valence-electron chi connectivity index (χ4n) is 2.90. The Hall–Kier alpha value is -2.66. The van der Waals surface area contributed by atoms with E-state index in [0.29, 0.717) is 6.54 Å². The predicted molar refractivity (Wildman–Crippen MR) is 108 cm³/mol. The second kappa shape index (κ2) is 10.5. The molecular formula is C22H29N3O2. The molecule has 5 nitrogen and oxygen atoms in total. The molecule has 0 heterocycles. The average molecular weight is 367 g/mol. The number of carbonyl (C=O) groups is 2. The summed E-state index contributed by atoms with van der Waals surface area (Å²) in [6.07, 6.45) is 0.210. The van der Waals surface area contributed by atoms with Crippen molar-refractivity contribution in [3.05, 3.63) is 71.3 Å². The minimum absolute atomic E-state index is 0.0892. The Kier molecular flexibility index (Phi) is 8.01. The lowest BCUT2D eigenvalue weighted by Gasteiger charge is -2.18. The van der Waals surface area contributed by atoms with Gasteiger partial charge in [-0.15, -0.1) is 0 Å². The van der Waals surface area contributed by atoms with Crippen molar-refractivity contribution in [1.29, 1.82) is 0 Å². The molecule has 144 valence electrons. The van der Waals surface area contributed by atoms with E-state index >= 15 is 0 Å². The second-order valence-corrected chi connectivity index (χ2v) is 6.80. The lowest BCUT2D eigenvalue weighted by molar-refractivity contribution is -0.122. The first-order chi connectivity index (χ1) is 13.0. The smallest absolute Gasteiger partial charge is 0.222 e. The zero-order valence-electron chi connectivity index (χ0n) is 16.4. The molecular weight excluding hydrogens is 338 g/mol. The van der Waals surface area contributed by atoms with Crippen molar-refractivity contribution in [3.63, 3.8) is 0 Å². The van der Waals surface area contributed by atoms with Crippen molar-refractivity contribution < 1.29 is 9.59 Å². The molecule has 27 heavy (non-hydrogen) atoms. The summed E-state index contributed by atoms with van der Waals surface area (Å²) in [6.45, 7) is 5.95. The van der Waals surface area contributed by atoms with Gasteiger partial charge in [0, 0.05) is 20.0 Å². The van der Waals surface area contributed by atoms with Gasteiger partial charge >= 0.3 is 0 Å². The molecule has 2 amide bonds. The van der Waals surface area contributed by atoms with Crippen LogP contribution in [0, 0.1) is 0 Å². The van der Waals surface area contributed by atoms with E-state index in [1.807, 2.05) is 42.5 Å². The fraction of sp³-hybridized carbons (Fsp3) is 0.364. The molecule has 0 aromatic heterocycles. The van der Waals surface area contributed by atoms with Gasteiger partial charge in [0.2, 0.25) is 11.8 Å². The van der Waals surface area contributed by atoms with E-state index < -0.39 is 0 Å². The van der Waals surface area contributed by atoms with Crippen LogP contribution in [0.5, 0.6) is 0 Å². The van der Waals surface area contributed by atoms with Crippen molar-refractivity contribution >= 4 is 11.8 Å². The fourth-order valence-corrected chi connectivity index (χ4v) is 2.90. The highest BCUT2D eigenvalue weighted by Gasteiger charge is 2.16. The molecule has 2 aromatic carbocycles. The molecule has 5 heteroatoms. The van der Waals surface area contributed by atoms with Gasteiger partial charge in [-0.2, -0.15) is 0 Å². The van der Waals surface area contributed by atoms with E-state index in [2.05, 4.69) is 41.6 Å². The zero-order valence-corrected chi connectivity index (χ0v) is 16.4. The van der Waals surface area contributed by atoms with Gasteiger partial charge in [0.05, 0.1) is 12.5 Å². The zero-order chi connectivity index (χ0) is 19.6. The molecule has 0 aliphatic carbocycles. The van der Waals surface area contributed by atoms with E-state index in [0.717, 1.165) is 24.2 Å². The van der Waals surface area contributed by atoms with Crippen molar-refractivity contribution in [3.8, 4) is 0 Å². The van der Waals surface area contributed by atoms with E-state index in [-0.39, 0.29) is 24.3 Å². The SMILES string of the molecule is CCN(C)Cc1cccc(CNC(=O)CC(NC(C)=O)c2ccccc2)c1. The number of rotatable bonds is 9. The van der Waals surface area contributed by atoms with Crippen LogP contribution in [0.4, 0.5) is 0 Å². The normalized spacial score (nSPS) is 11.9. The number of nitrogens with zero attached hydrogens (tertiary/aromatic N) is 1. The number of amides is 2. The lowest BCUT2D eigenvalue weighted by Crippen LogP contribution is -2.32. The van der Waals surface area contributed by atoms with E-state index in [1.165, 1.54) is 12.5 Å². The molecule has 0 radical (unpaired) electrons. The molecule has 1 atom stereocenters. The van der Waals surface area contributed by atoms with Crippen LogP contribution >= 0.6 is 0 Å². The van der Waals surface area contributed by atoms with E-state index in [4.69, 9.17) is 0 Å². The molecule has 2 aromatic rings. The Labute approximate surface area is 161 Å². The van der Waals surface area contributed by atoms with Gasteiger partial charge in [-0.3, -0.25) is 9.59 Å². The maximum Gasteiger partial charge on any atom is 0.222 e. The number of benzene rings is 2. The second-order valence-electron chi connectivity index (χ2n) is 6.80. The van der Waals surface area contributed by atoms with Gasteiger partial charge in [0.25, 0.3) is 0 Å². The van der Waals surface area contributed by atoms with Crippen LogP contribution in [0.25, 0.3) is 0 Å². The summed E-state index contributed by atoms with van der Waals surface area (Å²) in [5.74, 6) is -0.238. The largest absolute Gasteiger partial charge is 0.352 e. The Morgan fingerprint density at radius 3 is 2.41 bits per heavy atom. The van der Waals surface area contributed by atoms with Crippen molar-refractivity contribution in [2.45, 2.75) is 39.4 Å². The van der Waals surface area contributed by atoms with E-state index in [1.54, 1.807) is 0 Å². The summed E-state index contributed by atoms with van der Waals surface area (Å²) in [5, 5.41) is 5.82. The molecule has 2 N–H and O–H groups in total. The minimum Gasteiger partial charge on any atom is -0.352 e. The Morgan fingerprint density at radius 1 is 1.04 bits per heavy atom. The molecule has 0 bridgehead atoms. The molecule has 0 aliphatic rings. The Bertz CT molecular complexity index is 746. The summed E-state index contributed by atoms with van der Waals surface area (Å²) < 4.78 is 0. The first-order valence-electron chi connectivity index (χ1n) is 9.33. The summed E-state index contributed by atoms with van der Waals surface area (Å²) in [7, 11) is 2.08. The highest BCUT2D eigenvalue weighted by atomic mass is 16.2.